The predicted octanol–water partition coefficient (Wildman–Crippen LogP) is 0.290. The molecule has 1 aliphatic rings. The number of nitrogens with zero attached hydrogens (tertiary/aromatic N) is 2. The smallest absolute Gasteiger partial charge is 0.534 e. The fourth-order valence-electron chi connectivity index (χ4n) is 2.74. The van der Waals surface area contributed by atoms with Crippen molar-refractivity contribution in [3.63, 3.8) is 0 Å². The second kappa shape index (κ2) is 6.82. The zero-order valence-corrected chi connectivity index (χ0v) is 13.5. The molecule has 5 N–H and O–H groups in total. The summed E-state index contributed by atoms with van der Waals surface area (Å²) in [6.07, 6.45) is 0.382. The minimum absolute atomic E-state index is 0.127. The van der Waals surface area contributed by atoms with Crippen LogP contribution in [-0.4, -0.2) is 39.9 Å². The number of nitrogens with two attached hydrogens (primary N) is 1. The van der Waals surface area contributed by atoms with Crippen molar-refractivity contribution in [3.8, 4) is 5.75 Å². The molecule has 1 aromatic carbocycles. The van der Waals surface area contributed by atoms with E-state index in [4.69, 9.17) is 10.4 Å². The number of benzene rings is 1. The number of amides is 1. The molecule has 0 spiro atoms. The van der Waals surface area contributed by atoms with Crippen LogP contribution in [0.15, 0.2) is 41.6 Å². The number of carbonyl (C=O) groups is 1. The van der Waals surface area contributed by atoms with Crippen molar-refractivity contribution >= 4 is 24.6 Å². The van der Waals surface area contributed by atoms with Crippen LogP contribution in [-0.2, 0) is 11.2 Å². The van der Waals surface area contributed by atoms with Gasteiger partial charge in [0.25, 0.3) is 5.91 Å². The molecular formula is C16H17BN4O4. The van der Waals surface area contributed by atoms with E-state index in [9.17, 15) is 15.0 Å². The molecule has 1 atom stereocenters. The number of aromatic nitrogens is 1. The van der Waals surface area contributed by atoms with Crippen molar-refractivity contribution in [2.24, 2.45) is 5.16 Å². The van der Waals surface area contributed by atoms with Crippen molar-refractivity contribution in [2.75, 3.05) is 5.73 Å². The number of nitrogens with one attached hydrogen (secondary N) is 1. The van der Waals surface area contributed by atoms with Crippen molar-refractivity contribution in [3.05, 3.63) is 53.2 Å². The van der Waals surface area contributed by atoms with Crippen LogP contribution in [0.25, 0.3) is 0 Å². The first-order chi connectivity index (χ1) is 12.0. The molecule has 9 heteroatoms. The number of hydrogen-bond acceptors (Lipinski definition) is 7. The highest BCUT2D eigenvalue weighted by Crippen LogP contribution is 2.29. The summed E-state index contributed by atoms with van der Waals surface area (Å²) < 4.78 is 5.52. The van der Waals surface area contributed by atoms with Crippen LogP contribution >= 0.6 is 0 Å². The lowest BCUT2D eigenvalue weighted by molar-refractivity contribution is -0.115. The summed E-state index contributed by atoms with van der Waals surface area (Å²) in [4.78, 5) is 16.4. The van der Waals surface area contributed by atoms with Gasteiger partial charge in [0.15, 0.2) is 5.71 Å². The van der Waals surface area contributed by atoms with Gasteiger partial charge in [0.2, 0.25) is 0 Å². The van der Waals surface area contributed by atoms with Gasteiger partial charge >= 0.3 is 7.12 Å². The van der Waals surface area contributed by atoms with Crippen LogP contribution in [0.1, 0.15) is 16.8 Å². The summed E-state index contributed by atoms with van der Waals surface area (Å²) in [6, 6.07) is 10.3. The third-order valence-electron chi connectivity index (χ3n) is 3.96. The molecule has 0 unspecified atom stereocenters. The summed E-state index contributed by atoms with van der Waals surface area (Å²) in [5.74, 6) is -0.574. The van der Waals surface area contributed by atoms with E-state index in [2.05, 4.69) is 15.5 Å². The summed E-state index contributed by atoms with van der Waals surface area (Å²) >= 11 is 0. The fourth-order valence-corrected chi connectivity index (χ4v) is 2.74. The van der Waals surface area contributed by atoms with E-state index in [1.807, 2.05) is 25.1 Å². The van der Waals surface area contributed by atoms with E-state index in [0.29, 0.717) is 12.2 Å². The van der Waals surface area contributed by atoms with Crippen molar-refractivity contribution in [2.45, 2.75) is 19.3 Å². The molecule has 25 heavy (non-hydrogen) atoms. The number of rotatable bonds is 3. The van der Waals surface area contributed by atoms with Crippen LogP contribution in [0.4, 0.5) is 5.82 Å². The number of pyridine rings is 1. The second-order valence-electron chi connectivity index (χ2n) is 5.75. The molecule has 0 saturated heterocycles. The van der Waals surface area contributed by atoms with Crippen LogP contribution in [0, 0.1) is 6.92 Å². The van der Waals surface area contributed by atoms with Gasteiger partial charge in [-0.3, -0.25) is 4.79 Å². The maximum absolute atomic E-state index is 12.4. The molecule has 1 aliphatic heterocycles. The van der Waals surface area contributed by atoms with E-state index < -0.39 is 19.0 Å². The van der Waals surface area contributed by atoms with Gasteiger partial charge in [-0.05, 0) is 36.6 Å². The fraction of sp³-hybridized carbons (Fsp3) is 0.188. The standard InChI is InChI=1S/C16H17BN4O4/c1-9-4-2-5-10-8-12(17(23)25-15(9)10)20-16(22)14(21-24)11-6-3-7-13(18)19-11/h2-7,12,23-24H,8H2,1H3,(H2,18,19)(H,20,22)/b21-14-/t12-/m0/s1. The summed E-state index contributed by atoms with van der Waals surface area (Å²) in [5.41, 5.74) is 7.20. The summed E-state index contributed by atoms with van der Waals surface area (Å²) in [5, 5.41) is 25.0. The van der Waals surface area contributed by atoms with E-state index >= 15 is 0 Å². The Bertz CT molecular complexity index is 843. The molecular weight excluding hydrogens is 323 g/mol. The Morgan fingerprint density at radius 1 is 1.40 bits per heavy atom. The molecule has 2 heterocycles. The average Bonchev–Trinajstić information content (AvgIpc) is 2.57. The number of para-hydroxylation sites is 1. The molecule has 0 radical (unpaired) electrons. The van der Waals surface area contributed by atoms with E-state index in [1.165, 1.54) is 6.07 Å². The Morgan fingerprint density at radius 3 is 2.88 bits per heavy atom. The first-order valence-electron chi connectivity index (χ1n) is 7.68. The number of carbonyl (C=O) groups excluding carboxylic acids is 1. The highest BCUT2D eigenvalue weighted by molar-refractivity contribution is 6.50. The highest BCUT2D eigenvalue weighted by Gasteiger charge is 2.37. The summed E-state index contributed by atoms with van der Waals surface area (Å²) in [6.45, 7) is 1.88. The topological polar surface area (TPSA) is 130 Å². The Balaban J connectivity index is 1.78. The predicted molar refractivity (Wildman–Crippen MR) is 92.4 cm³/mol. The number of aryl methyl sites for hydroxylation is 1. The van der Waals surface area contributed by atoms with Gasteiger partial charge in [0.1, 0.15) is 17.3 Å². The van der Waals surface area contributed by atoms with Gasteiger partial charge in [0, 0.05) is 0 Å². The third kappa shape index (κ3) is 3.41. The zero-order valence-electron chi connectivity index (χ0n) is 13.5. The molecule has 1 amide bonds. The van der Waals surface area contributed by atoms with Gasteiger partial charge in [0.05, 0.1) is 5.94 Å². The van der Waals surface area contributed by atoms with Gasteiger partial charge in [-0.1, -0.05) is 29.4 Å². The monoisotopic (exact) mass is 340 g/mol. The van der Waals surface area contributed by atoms with Crippen LogP contribution in [0.5, 0.6) is 5.75 Å². The lowest BCUT2D eigenvalue weighted by Gasteiger charge is -2.29. The first-order valence-corrected chi connectivity index (χ1v) is 7.68. The van der Waals surface area contributed by atoms with Crippen molar-refractivity contribution in [1.29, 1.82) is 0 Å². The van der Waals surface area contributed by atoms with Crippen LogP contribution in [0.2, 0.25) is 0 Å². The highest BCUT2D eigenvalue weighted by atomic mass is 16.5. The average molecular weight is 340 g/mol. The number of fused-ring (bicyclic) bond motifs is 1. The van der Waals surface area contributed by atoms with E-state index in [-0.39, 0.29) is 17.2 Å². The maximum Gasteiger partial charge on any atom is 0.547 e. The molecule has 128 valence electrons. The zero-order chi connectivity index (χ0) is 18.0. The van der Waals surface area contributed by atoms with Gasteiger partial charge in [-0.25, -0.2) is 4.98 Å². The van der Waals surface area contributed by atoms with Crippen molar-refractivity contribution < 1.29 is 19.7 Å². The molecule has 0 bridgehead atoms. The quantitative estimate of drug-likeness (QED) is 0.275. The Morgan fingerprint density at radius 2 is 2.16 bits per heavy atom. The molecule has 1 aromatic heterocycles. The molecule has 3 rings (SSSR count). The summed E-state index contributed by atoms with van der Waals surface area (Å²) in [7, 11) is -1.22. The molecule has 2 aromatic rings. The van der Waals surface area contributed by atoms with Crippen LogP contribution < -0.4 is 15.7 Å². The lowest BCUT2D eigenvalue weighted by atomic mass is 9.72. The number of nitrogen functional groups attached to an aromatic ring is 1. The molecule has 8 nitrogen and oxygen atoms in total. The minimum Gasteiger partial charge on any atom is -0.534 e. The number of anilines is 1. The largest absolute Gasteiger partial charge is 0.547 e. The molecule has 0 fully saturated rings. The molecule has 0 saturated carbocycles. The van der Waals surface area contributed by atoms with Gasteiger partial charge in [-0.2, -0.15) is 0 Å². The SMILES string of the molecule is Cc1cccc2c1OB(O)[C@@H](NC(=O)/C(=N\O)c1cccc(N)n1)C2. The Kier molecular flexibility index (Phi) is 4.58. The van der Waals surface area contributed by atoms with Crippen molar-refractivity contribution in [1.82, 2.24) is 10.3 Å². The van der Waals surface area contributed by atoms with Gasteiger partial charge in [-0.15, -0.1) is 0 Å². The van der Waals surface area contributed by atoms with E-state index in [0.717, 1.165) is 11.1 Å². The van der Waals surface area contributed by atoms with Crippen LogP contribution in [0.3, 0.4) is 0 Å². The lowest BCUT2D eigenvalue weighted by Crippen LogP contribution is -2.54. The Labute approximate surface area is 144 Å². The van der Waals surface area contributed by atoms with E-state index in [1.54, 1.807) is 12.1 Å². The number of oxime groups is 1. The number of hydrogen-bond donors (Lipinski definition) is 4. The minimum atomic E-state index is -1.22. The third-order valence-corrected chi connectivity index (χ3v) is 3.96. The first kappa shape index (κ1) is 16.8. The molecule has 0 aliphatic carbocycles. The maximum atomic E-state index is 12.4. The second-order valence-corrected chi connectivity index (χ2v) is 5.75. The van der Waals surface area contributed by atoms with Gasteiger partial charge < -0.3 is 25.9 Å². The Hall–Kier alpha value is -3.07. The normalized spacial score (nSPS) is 16.8.